The molecule has 0 bridgehead atoms. The van der Waals surface area contributed by atoms with Crippen LogP contribution in [-0.2, 0) is 11.3 Å². The summed E-state index contributed by atoms with van der Waals surface area (Å²) in [5.74, 6) is -1.61. The second-order valence-corrected chi connectivity index (χ2v) is 6.33. The monoisotopic (exact) mass is 386 g/mol. The Hall–Kier alpha value is -3.33. The summed E-state index contributed by atoms with van der Waals surface area (Å²) in [6, 6.07) is 9.02. The molecule has 2 aromatic carbocycles. The van der Waals surface area contributed by atoms with Crippen molar-refractivity contribution in [1.29, 1.82) is 0 Å². The summed E-state index contributed by atoms with van der Waals surface area (Å²) in [5.41, 5.74) is 0.899. The maximum absolute atomic E-state index is 14.9. The molecule has 0 spiro atoms. The van der Waals surface area contributed by atoms with E-state index in [4.69, 9.17) is 9.84 Å². The fraction of sp³-hybridized carbons (Fsp3) is 0.211. The van der Waals surface area contributed by atoms with Gasteiger partial charge in [-0.3, -0.25) is 4.90 Å². The van der Waals surface area contributed by atoms with E-state index in [0.29, 0.717) is 17.7 Å². The number of nitrogens with zero attached hydrogens (tertiary/aromatic N) is 4. The standard InChI is InChI=1S/C19H16F2N4O3/c20-16-5-13(25-8-14(9-26)28-19(25)27)6-17(21)18(16)15-4-2-1-3-12(15)7-24-11-22-10-23-24/h1-6,10-11,14,26H,7-9H2/t14-/m1/s1. The van der Waals surface area contributed by atoms with Gasteiger partial charge in [0.1, 0.15) is 30.4 Å². The van der Waals surface area contributed by atoms with Gasteiger partial charge in [0.05, 0.1) is 30.9 Å². The van der Waals surface area contributed by atoms with E-state index in [-0.39, 0.29) is 24.4 Å². The highest BCUT2D eigenvalue weighted by molar-refractivity contribution is 5.90. The number of hydrogen-bond donors (Lipinski definition) is 1. The molecule has 1 N–H and O–H groups in total. The molecule has 1 fully saturated rings. The summed E-state index contributed by atoms with van der Waals surface area (Å²) in [5, 5.41) is 13.1. The van der Waals surface area contributed by atoms with Crippen molar-refractivity contribution in [2.24, 2.45) is 0 Å². The number of rotatable bonds is 5. The normalized spacial score (nSPS) is 16.5. The molecule has 1 aliphatic heterocycles. The molecule has 2 heterocycles. The molecule has 1 atom stereocenters. The number of hydrogen-bond acceptors (Lipinski definition) is 5. The minimum absolute atomic E-state index is 0.0243. The molecule has 9 heteroatoms. The van der Waals surface area contributed by atoms with Crippen LogP contribution in [0.3, 0.4) is 0 Å². The number of halogens is 2. The maximum atomic E-state index is 14.9. The number of anilines is 1. The quantitative estimate of drug-likeness (QED) is 0.729. The number of carbonyl (C=O) groups is 1. The summed E-state index contributed by atoms with van der Waals surface area (Å²) >= 11 is 0. The minimum atomic E-state index is -0.804. The van der Waals surface area contributed by atoms with E-state index in [2.05, 4.69) is 10.1 Å². The molecule has 28 heavy (non-hydrogen) atoms. The lowest BCUT2D eigenvalue weighted by atomic mass is 9.98. The molecular formula is C19H16F2N4O3. The molecule has 0 radical (unpaired) electrons. The Morgan fingerprint density at radius 1 is 1.21 bits per heavy atom. The predicted molar refractivity (Wildman–Crippen MR) is 95.6 cm³/mol. The van der Waals surface area contributed by atoms with Crippen LogP contribution in [0.25, 0.3) is 11.1 Å². The van der Waals surface area contributed by atoms with Gasteiger partial charge in [0.25, 0.3) is 0 Å². The third-order valence-corrected chi connectivity index (χ3v) is 4.50. The van der Waals surface area contributed by atoms with Gasteiger partial charge in [0, 0.05) is 0 Å². The Labute approximate surface area is 158 Å². The van der Waals surface area contributed by atoms with Crippen molar-refractivity contribution in [3.05, 3.63) is 66.3 Å². The van der Waals surface area contributed by atoms with Crippen LogP contribution in [0.1, 0.15) is 5.56 Å². The molecule has 4 rings (SSSR count). The number of aliphatic hydroxyl groups is 1. The zero-order valence-corrected chi connectivity index (χ0v) is 14.6. The van der Waals surface area contributed by atoms with Crippen molar-refractivity contribution >= 4 is 11.8 Å². The molecule has 1 saturated heterocycles. The van der Waals surface area contributed by atoms with Crippen LogP contribution < -0.4 is 4.90 Å². The lowest BCUT2D eigenvalue weighted by molar-refractivity contribution is 0.0963. The summed E-state index contributed by atoms with van der Waals surface area (Å²) in [6.45, 7) is -0.0369. The van der Waals surface area contributed by atoms with Crippen LogP contribution in [0.15, 0.2) is 49.1 Å². The van der Waals surface area contributed by atoms with Gasteiger partial charge in [-0.2, -0.15) is 5.10 Å². The Morgan fingerprint density at radius 2 is 1.96 bits per heavy atom. The fourth-order valence-electron chi connectivity index (χ4n) is 3.19. The van der Waals surface area contributed by atoms with Crippen molar-refractivity contribution in [2.75, 3.05) is 18.1 Å². The molecule has 3 aromatic rings. The number of aromatic nitrogens is 3. The lowest BCUT2D eigenvalue weighted by Gasteiger charge is -2.16. The van der Waals surface area contributed by atoms with E-state index in [0.717, 1.165) is 17.0 Å². The molecule has 0 saturated carbocycles. The first-order valence-electron chi connectivity index (χ1n) is 8.55. The van der Waals surface area contributed by atoms with Gasteiger partial charge >= 0.3 is 6.09 Å². The van der Waals surface area contributed by atoms with Crippen LogP contribution in [0, 0.1) is 11.6 Å². The fourth-order valence-corrected chi connectivity index (χ4v) is 3.19. The Bertz CT molecular complexity index is 987. The summed E-state index contributed by atoms with van der Waals surface area (Å²) in [7, 11) is 0. The first kappa shape index (κ1) is 18.1. The van der Waals surface area contributed by atoms with Crippen molar-refractivity contribution < 1.29 is 23.4 Å². The molecule has 1 amide bonds. The number of aliphatic hydroxyl groups excluding tert-OH is 1. The minimum Gasteiger partial charge on any atom is -0.441 e. The topological polar surface area (TPSA) is 80.5 Å². The smallest absolute Gasteiger partial charge is 0.414 e. The molecule has 0 unspecified atom stereocenters. The SMILES string of the molecule is O=C1O[C@@H](CO)CN1c1cc(F)c(-c2ccccc2Cn2cncn2)c(F)c1. The average Bonchev–Trinajstić information content (AvgIpc) is 3.31. The van der Waals surface area contributed by atoms with E-state index >= 15 is 0 Å². The molecule has 144 valence electrons. The Kier molecular flexibility index (Phi) is 4.74. The molecule has 7 nitrogen and oxygen atoms in total. The lowest BCUT2D eigenvalue weighted by Crippen LogP contribution is -2.25. The van der Waals surface area contributed by atoms with Crippen molar-refractivity contribution in [2.45, 2.75) is 12.6 Å². The number of amides is 1. The first-order chi connectivity index (χ1) is 13.6. The summed E-state index contributed by atoms with van der Waals surface area (Å²) < 4.78 is 36.3. The van der Waals surface area contributed by atoms with E-state index < -0.39 is 23.8 Å². The molecule has 1 aromatic heterocycles. The van der Waals surface area contributed by atoms with Gasteiger partial charge in [0.15, 0.2) is 0 Å². The van der Waals surface area contributed by atoms with Crippen LogP contribution in [0.5, 0.6) is 0 Å². The van der Waals surface area contributed by atoms with Gasteiger partial charge in [-0.1, -0.05) is 24.3 Å². The van der Waals surface area contributed by atoms with Crippen LogP contribution in [-0.4, -0.2) is 45.2 Å². The summed E-state index contributed by atoms with van der Waals surface area (Å²) in [4.78, 5) is 16.8. The van der Waals surface area contributed by atoms with Crippen molar-refractivity contribution in [3.63, 3.8) is 0 Å². The highest BCUT2D eigenvalue weighted by atomic mass is 19.1. The van der Waals surface area contributed by atoms with Gasteiger partial charge in [-0.05, 0) is 23.3 Å². The highest BCUT2D eigenvalue weighted by Gasteiger charge is 2.33. The third kappa shape index (κ3) is 3.31. The van der Waals surface area contributed by atoms with Crippen LogP contribution >= 0.6 is 0 Å². The second kappa shape index (κ2) is 7.35. The largest absolute Gasteiger partial charge is 0.441 e. The third-order valence-electron chi connectivity index (χ3n) is 4.50. The number of benzene rings is 2. The summed E-state index contributed by atoms with van der Waals surface area (Å²) in [6.07, 6.45) is 1.43. The predicted octanol–water partition coefficient (Wildman–Crippen LogP) is 2.59. The van der Waals surface area contributed by atoms with Crippen molar-refractivity contribution in [3.8, 4) is 11.1 Å². The molecule has 1 aliphatic rings. The van der Waals surface area contributed by atoms with E-state index in [1.807, 2.05) is 0 Å². The van der Waals surface area contributed by atoms with Gasteiger partial charge < -0.3 is 9.84 Å². The van der Waals surface area contributed by atoms with Gasteiger partial charge in [-0.15, -0.1) is 0 Å². The highest BCUT2D eigenvalue weighted by Crippen LogP contribution is 2.33. The van der Waals surface area contributed by atoms with Crippen LogP contribution in [0.4, 0.5) is 19.3 Å². The average molecular weight is 386 g/mol. The Morgan fingerprint density at radius 3 is 2.61 bits per heavy atom. The van der Waals surface area contributed by atoms with E-state index in [1.165, 1.54) is 12.7 Å². The van der Waals surface area contributed by atoms with E-state index in [1.54, 1.807) is 28.9 Å². The maximum Gasteiger partial charge on any atom is 0.414 e. The number of ether oxygens (including phenoxy) is 1. The van der Waals surface area contributed by atoms with Crippen LogP contribution in [0.2, 0.25) is 0 Å². The number of carbonyl (C=O) groups excluding carboxylic acids is 1. The van der Waals surface area contributed by atoms with E-state index in [9.17, 15) is 13.6 Å². The van der Waals surface area contributed by atoms with Gasteiger partial charge in [-0.25, -0.2) is 23.2 Å². The molecular weight excluding hydrogens is 370 g/mol. The van der Waals surface area contributed by atoms with Crippen molar-refractivity contribution in [1.82, 2.24) is 14.8 Å². The number of cyclic esters (lactones) is 1. The zero-order valence-electron chi connectivity index (χ0n) is 14.6. The molecule has 0 aliphatic carbocycles. The zero-order chi connectivity index (χ0) is 19.7. The second-order valence-electron chi connectivity index (χ2n) is 6.33. The van der Waals surface area contributed by atoms with Gasteiger partial charge in [0.2, 0.25) is 0 Å². The Balaban J connectivity index is 1.71. The first-order valence-corrected chi connectivity index (χ1v) is 8.55.